The van der Waals surface area contributed by atoms with Crippen molar-refractivity contribution in [3.8, 4) is 5.75 Å². The number of methoxy groups -OCH3 is 1. The highest BCUT2D eigenvalue weighted by Gasteiger charge is 2.31. The highest BCUT2D eigenvalue weighted by molar-refractivity contribution is 7.91. The monoisotopic (exact) mass is 271 g/mol. The number of hydrogen-bond acceptors (Lipinski definition) is 5. The van der Waals surface area contributed by atoms with E-state index in [-0.39, 0.29) is 17.1 Å². The minimum Gasteiger partial charge on any atom is -0.497 e. The summed E-state index contributed by atoms with van der Waals surface area (Å²) in [6, 6.07) is 3.97. The first-order valence-corrected chi connectivity index (χ1v) is 6.97. The molecule has 2 N–H and O–H groups in total. The number of benzene rings is 1. The number of carboxylic acid groups (broad SMARTS) is 1. The van der Waals surface area contributed by atoms with Crippen LogP contribution in [0, 0.1) is 0 Å². The molecule has 1 aromatic rings. The fourth-order valence-electron chi connectivity index (χ4n) is 1.96. The van der Waals surface area contributed by atoms with Crippen LogP contribution in [0.25, 0.3) is 0 Å². The molecule has 1 aromatic carbocycles. The van der Waals surface area contributed by atoms with Crippen LogP contribution in [0.15, 0.2) is 23.1 Å². The van der Waals surface area contributed by atoms with Gasteiger partial charge < -0.3 is 15.2 Å². The van der Waals surface area contributed by atoms with Gasteiger partial charge in [0.2, 0.25) is 0 Å². The molecular weight excluding hydrogens is 258 g/mol. The van der Waals surface area contributed by atoms with Crippen LogP contribution < -0.4 is 10.1 Å². The van der Waals surface area contributed by atoms with Crippen LogP contribution in [0.3, 0.4) is 0 Å². The maximum Gasteiger partial charge on any atom is 0.305 e. The molecule has 1 aliphatic heterocycles. The third-order valence-electron chi connectivity index (χ3n) is 2.72. The second-order valence-electron chi connectivity index (χ2n) is 4.08. The number of nitrogens with one attached hydrogen (secondary N) is 1. The summed E-state index contributed by atoms with van der Waals surface area (Å²) in [7, 11) is -1.96. The van der Waals surface area contributed by atoms with E-state index in [0.717, 1.165) is 0 Å². The molecule has 0 radical (unpaired) electrons. The van der Waals surface area contributed by atoms with Crippen molar-refractivity contribution in [1.29, 1.82) is 0 Å². The Labute approximate surface area is 104 Å². The van der Waals surface area contributed by atoms with Crippen LogP contribution >= 0.6 is 0 Å². The van der Waals surface area contributed by atoms with Gasteiger partial charge in [0.25, 0.3) is 0 Å². The minimum atomic E-state index is -3.44. The number of carboxylic acids is 1. The molecule has 0 amide bonds. The van der Waals surface area contributed by atoms with Gasteiger partial charge in [-0.3, -0.25) is 4.79 Å². The van der Waals surface area contributed by atoms with E-state index in [1.54, 1.807) is 12.1 Å². The van der Waals surface area contributed by atoms with Gasteiger partial charge in [0.05, 0.1) is 35.9 Å². The van der Waals surface area contributed by atoms with Gasteiger partial charge in [-0.2, -0.15) is 0 Å². The molecule has 1 unspecified atom stereocenters. The van der Waals surface area contributed by atoms with Crippen molar-refractivity contribution in [2.45, 2.75) is 17.4 Å². The zero-order valence-electron chi connectivity index (χ0n) is 9.71. The summed E-state index contributed by atoms with van der Waals surface area (Å²) in [6.45, 7) is 0. The van der Waals surface area contributed by atoms with Crippen molar-refractivity contribution in [3.05, 3.63) is 18.2 Å². The lowest BCUT2D eigenvalue weighted by atomic mass is 10.2. The van der Waals surface area contributed by atoms with E-state index in [1.165, 1.54) is 13.2 Å². The van der Waals surface area contributed by atoms with Gasteiger partial charge in [-0.05, 0) is 12.1 Å². The quantitative estimate of drug-likeness (QED) is 0.842. The number of aliphatic carboxylic acids is 1. The number of sulfone groups is 1. The Bertz CT molecular complexity index is 581. The van der Waals surface area contributed by atoms with Crippen LogP contribution in [0.1, 0.15) is 6.42 Å². The van der Waals surface area contributed by atoms with E-state index >= 15 is 0 Å². The van der Waals surface area contributed by atoms with Gasteiger partial charge in [0, 0.05) is 6.07 Å². The van der Waals surface area contributed by atoms with Crippen molar-refractivity contribution in [3.63, 3.8) is 0 Å². The van der Waals surface area contributed by atoms with E-state index in [0.29, 0.717) is 11.4 Å². The standard InChI is InChI=1S/C11H13NO5S/c1-17-8-2-3-10-9(5-8)12-7(4-11(13)14)6-18(10,15)16/h2-3,5,7,12H,4,6H2,1H3,(H,13,14). The molecule has 1 aliphatic rings. The average Bonchev–Trinajstić information content (AvgIpc) is 2.26. The van der Waals surface area contributed by atoms with Crippen molar-refractivity contribution in [2.75, 3.05) is 18.2 Å². The van der Waals surface area contributed by atoms with Crippen LogP contribution in [0.4, 0.5) is 5.69 Å². The zero-order valence-corrected chi connectivity index (χ0v) is 10.5. The number of ether oxygens (including phenoxy) is 1. The minimum absolute atomic E-state index is 0.185. The first-order chi connectivity index (χ1) is 8.42. The number of fused-ring (bicyclic) bond motifs is 1. The highest BCUT2D eigenvalue weighted by Crippen LogP contribution is 2.32. The van der Waals surface area contributed by atoms with Crippen molar-refractivity contribution >= 4 is 21.5 Å². The van der Waals surface area contributed by atoms with Crippen LogP contribution in [0.5, 0.6) is 5.75 Å². The van der Waals surface area contributed by atoms with Crippen LogP contribution in [-0.2, 0) is 14.6 Å². The molecule has 0 aliphatic carbocycles. The summed E-state index contributed by atoms with van der Waals surface area (Å²) < 4.78 is 29.0. The Morgan fingerprint density at radius 3 is 2.89 bits per heavy atom. The number of hydrogen-bond donors (Lipinski definition) is 2. The van der Waals surface area contributed by atoms with Gasteiger partial charge in [0.15, 0.2) is 9.84 Å². The summed E-state index contributed by atoms with van der Waals surface area (Å²) >= 11 is 0. The van der Waals surface area contributed by atoms with E-state index in [1.807, 2.05) is 0 Å². The summed E-state index contributed by atoms with van der Waals surface area (Å²) in [5.41, 5.74) is 0.395. The molecule has 0 saturated heterocycles. The molecule has 0 bridgehead atoms. The SMILES string of the molecule is COc1ccc2c(c1)NC(CC(=O)O)CS2(=O)=O. The Kier molecular flexibility index (Phi) is 3.16. The topological polar surface area (TPSA) is 92.7 Å². The van der Waals surface area contributed by atoms with Gasteiger partial charge in [0.1, 0.15) is 5.75 Å². The molecule has 1 heterocycles. The normalized spacial score (nSPS) is 20.6. The second kappa shape index (κ2) is 4.49. The maximum atomic E-state index is 12.0. The van der Waals surface area contributed by atoms with Gasteiger partial charge >= 0.3 is 5.97 Å². The predicted molar refractivity (Wildman–Crippen MR) is 64.7 cm³/mol. The first-order valence-electron chi connectivity index (χ1n) is 5.31. The number of rotatable bonds is 3. The summed E-state index contributed by atoms with van der Waals surface area (Å²) in [4.78, 5) is 10.8. The van der Waals surface area contributed by atoms with Crippen molar-refractivity contribution in [2.24, 2.45) is 0 Å². The Hall–Kier alpha value is -1.76. The molecule has 18 heavy (non-hydrogen) atoms. The molecular formula is C11H13NO5S. The first kappa shape index (κ1) is 12.7. The Balaban J connectivity index is 2.40. The number of anilines is 1. The Morgan fingerprint density at radius 1 is 1.56 bits per heavy atom. The van der Waals surface area contributed by atoms with E-state index in [9.17, 15) is 13.2 Å². The molecule has 2 rings (SSSR count). The summed E-state index contributed by atoms with van der Waals surface area (Å²) in [5, 5.41) is 11.6. The van der Waals surface area contributed by atoms with Crippen LogP contribution in [0.2, 0.25) is 0 Å². The molecule has 0 spiro atoms. The van der Waals surface area contributed by atoms with Gasteiger partial charge in [-0.1, -0.05) is 0 Å². The summed E-state index contributed by atoms with van der Waals surface area (Å²) in [6.07, 6.45) is -0.240. The third kappa shape index (κ3) is 2.40. The van der Waals surface area contributed by atoms with Crippen molar-refractivity contribution < 1.29 is 23.1 Å². The third-order valence-corrected chi connectivity index (χ3v) is 4.59. The molecule has 0 aromatic heterocycles. The average molecular weight is 271 g/mol. The maximum absolute atomic E-state index is 12.0. The van der Waals surface area contributed by atoms with Crippen molar-refractivity contribution in [1.82, 2.24) is 0 Å². The highest BCUT2D eigenvalue weighted by atomic mass is 32.2. The van der Waals surface area contributed by atoms with E-state index in [4.69, 9.17) is 9.84 Å². The lowest BCUT2D eigenvalue weighted by molar-refractivity contribution is -0.137. The lowest BCUT2D eigenvalue weighted by Gasteiger charge is -2.26. The Morgan fingerprint density at radius 2 is 2.28 bits per heavy atom. The molecule has 0 fully saturated rings. The molecule has 1 atom stereocenters. The smallest absolute Gasteiger partial charge is 0.305 e. The van der Waals surface area contributed by atoms with Crippen LogP contribution in [-0.4, -0.2) is 38.4 Å². The van der Waals surface area contributed by atoms with E-state index < -0.39 is 21.8 Å². The van der Waals surface area contributed by atoms with Gasteiger partial charge in [-0.25, -0.2) is 8.42 Å². The number of carbonyl (C=O) groups is 1. The molecule has 0 saturated carbocycles. The zero-order chi connectivity index (χ0) is 13.3. The predicted octanol–water partition coefficient (Wildman–Crippen LogP) is 0.738. The second-order valence-corrected chi connectivity index (χ2v) is 6.09. The summed E-state index contributed by atoms with van der Waals surface area (Å²) in [5.74, 6) is -0.722. The fourth-order valence-corrected chi connectivity index (χ4v) is 3.60. The lowest BCUT2D eigenvalue weighted by Crippen LogP contribution is -2.35. The molecule has 98 valence electrons. The van der Waals surface area contributed by atoms with E-state index in [2.05, 4.69) is 5.32 Å². The molecule has 7 heteroatoms. The fraction of sp³-hybridized carbons (Fsp3) is 0.364. The largest absolute Gasteiger partial charge is 0.497 e. The van der Waals surface area contributed by atoms with Gasteiger partial charge in [-0.15, -0.1) is 0 Å². The molecule has 6 nitrogen and oxygen atoms in total.